The van der Waals surface area contributed by atoms with Gasteiger partial charge < -0.3 is 9.67 Å². The van der Waals surface area contributed by atoms with Crippen molar-refractivity contribution in [2.45, 2.75) is 26.0 Å². The molecule has 1 heterocycles. The maximum absolute atomic E-state index is 10.0. The fourth-order valence-corrected chi connectivity index (χ4v) is 2.58. The maximum Gasteiger partial charge on any atom is 0.0963 e. The van der Waals surface area contributed by atoms with E-state index >= 15 is 0 Å². The molecule has 0 fully saturated rings. The first-order chi connectivity index (χ1) is 10.8. The SMILES string of the molecule is CCC(O)Cn1cnc(-c2ccccc2)c1-c1ccccc1. The molecule has 1 atom stereocenters. The van der Waals surface area contributed by atoms with E-state index in [2.05, 4.69) is 29.2 Å². The number of aliphatic hydroxyl groups excluding tert-OH is 1. The van der Waals surface area contributed by atoms with Gasteiger partial charge in [-0.2, -0.15) is 0 Å². The average Bonchev–Trinajstić information content (AvgIpc) is 3.00. The Kier molecular flexibility index (Phi) is 4.35. The summed E-state index contributed by atoms with van der Waals surface area (Å²) in [6.07, 6.45) is 2.19. The molecule has 0 saturated carbocycles. The lowest BCUT2D eigenvalue weighted by atomic mass is 10.0. The van der Waals surface area contributed by atoms with Crippen LogP contribution in [0.25, 0.3) is 22.5 Å². The summed E-state index contributed by atoms with van der Waals surface area (Å²) in [6.45, 7) is 2.54. The molecule has 112 valence electrons. The van der Waals surface area contributed by atoms with Crippen molar-refractivity contribution in [3.63, 3.8) is 0 Å². The third-order valence-corrected chi connectivity index (χ3v) is 3.81. The molecule has 0 aliphatic carbocycles. The summed E-state index contributed by atoms with van der Waals surface area (Å²) in [5.41, 5.74) is 4.21. The monoisotopic (exact) mass is 292 g/mol. The molecule has 0 radical (unpaired) electrons. The Hall–Kier alpha value is -2.39. The summed E-state index contributed by atoms with van der Waals surface area (Å²) >= 11 is 0. The first kappa shape index (κ1) is 14.5. The normalized spacial score (nSPS) is 12.3. The second-order valence-electron chi connectivity index (χ2n) is 5.39. The predicted molar refractivity (Wildman–Crippen MR) is 89.4 cm³/mol. The molecule has 2 aromatic carbocycles. The highest BCUT2D eigenvalue weighted by Crippen LogP contribution is 2.31. The minimum Gasteiger partial charge on any atom is -0.391 e. The molecule has 0 aliphatic rings. The standard InChI is InChI=1S/C19H20N2O/c1-2-17(22)13-21-14-20-18(15-9-5-3-6-10-15)19(21)16-11-7-4-8-12-16/h3-12,14,17,22H,2,13H2,1H3. The van der Waals surface area contributed by atoms with E-state index in [-0.39, 0.29) is 6.10 Å². The Labute approximate surface area is 130 Å². The van der Waals surface area contributed by atoms with Crippen LogP contribution in [-0.4, -0.2) is 20.8 Å². The van der Waals surface area contributed by atoms with E-state index in [1.807, 2.05) is 54.2 Å². The number of aromatic nitrogens is 2. The van der Waals surface area contributed by atoms with Crippen molar-refractivity contribution in [1.82, 2.24) is 9.55 Å². The Bertz CT molecular complexity index is 720. The Morgan fingerprint density at radius 2 is 1.55 bits per heavy atom. The molecular formula is C19H20N2O. The highest BCUT2D eigenvalue weighted by molar-refractivity contribution is 5.78. The van der Waals surface area contributed by atoms with E-state index in [9.17, 15) is 5.11 Å². The van der Waals surface area contributed by atoms with Gasteiger partial charge in [0.25, 0.3) is 0 Å². The van der Waals surface area contributed by atoms with Crippen LogP contribution in [0, 0.1) is 0 Å². The molecule has 1 unspecified atom stereocenters. The molecule has 1 N–H and O–H groups in total. The number of nitrogens with zero attached hydrogens (tertiary/aromatic N) is 2. The molecule has 1 aromatic heterocycles. The number of benzene rings is 2. The third-order valence-electron chi connectivity index (χ3n) is 3.81. The molecule has 0 aliphatic heterocycles. The zero-order valence-corrected chi connectivity index (χ0v) is 12.7. The van der Waals surface area contributed by atoms with Gasteiger partial charge in [0, 0.05) is 11.1 Å². The van der Waals surface area contributed by atoms with E-state index < -0.39 is 0 Å². The summed E-state index contributed by atoms with van der Waals surface area (Å²) in [5.74, 6) is 0. The van der Waals surface area contributed by atoms with Crippen LogP contribution in [0.15, 0.2) is 67.0 Å². The Morgan fingerprint density at radius 3 is 2.14 bits per heavy atom. The molecule has 0 amide bonds. The van der Waals surface area contributed by atoms with Gasteiger partial charge in [-0.05, 0) is 6.42 Å². The van der Waals surface area contributed by atoms with Gasteiger partial charge in [-0.1, -0.05) is 67.6 Å². The van der Waals surface area contributed by atoms with E-state index in [0.29, 0.717) is 6.54 Å². The fourth-order valence-electron chi connectivity index (χ4n) is 2.58. The van der Waals surface area contributed by atoms with Crippen LogP contribution < -0.4 is 0 Å². The van der Waals surface area contributed by atoms with Gasteiger partial charge in [-0.3, -0.25) is 0 Å². The summed E-state index contributed by atoms with van der Waals surface area (Å²) < 4.78 is 2.05. The van der Waals surface area contributed by atoms with E-state index in [1.54, 1.807) is 0 Å². The minimum absolute atomic E-state index is 0.361. The average molecular weight is 292 g/mol. The largest absolute Gasteiger partial charge is 0.391 e. The molecule has 3 heteroatoms. The predicted octanol–water partition coefficient (Wildman–Crippen LogP) is 3.99. The van der Waals surface area contributed by atoms with Crippen LogP contribution in [0.3, 0.4) is 0 Å². The number of aliphatic hydroxyl groups is 1. The molecule has 0 bridgehead atoms. The van der Waals surface area contributed by atoms with Crippen molar-refractivity contribution in [3.8, 4) is 22.5 Å². The summed E-state index contributed by atoms with van der Waals surface area (Å²) in [6, 6.07) is 20.4. The smallest absolute Gasteiger partial charge is 0.0963 e. The van der Waals surface area contributed by atoms with Crippen LogP contribution in [-0.2, 0) is 6.54 Å². The lowest BCUT2D eigenvalue weighted by Gasteiger charge is -2.13. The van der Waals surface area contributed by atoms with Crippen LogP contribution >= 0.6 is 0 Å². The van der Waals surface area contributed by atoms with Crippen molar-refractivity contribution in [3.05, 3.63) is 67.0 Å². The first-order valence-corrected chi connectivity index (χ1v) is 7.63. The highest BCUT2D eigenvalue weighted by atomic mass is 16.3. The summed E-state index contributed by atoms with van der Waals surface area (Å²) in [7, 11) is 0. The molecule has 22 heavy (non-hydrogen) atoms. The van der Waals surface area contributed by atoms with Gasteiger partial charge in [0.2, 0.25) is 0 Å². The zero-order valence-electron chi connectivity index (χ0n) is 12.7. The van der Waals surface area contributed by atoms with Crippen LogP contribution in [0.5, 0.6) is 0 Å². The molecule has 3 rings (SSSR count). The molecule has 3 aromatic rings. The van der Waals surface area contributed by atoms with Gasteiger partial charge in [0.05, 0.1) is 30.4 Å². The number of hydrogen-bond acceptors (Lipinski definition) is 2. The Balaban J connectivity index is 2.11. The molecular weight excluding hydrogens is 272 g/mol. The van der Waals surface area contributed by atoms with E-state index in [1.165, 1.54) is 0 Å². The van der Waals surface area contributed by atoms with Crippen molar-refractivity contribution in [2.24, 2.45) is 0 Å². The van der Waals surface area contributed by atoms with Crippen LogP contribution in [0.2, 0.25) is 0 Å². The number of imidazole rings is 1. The molecule has 0 saturated heterocycles. The second-order valence-corrected chi connectivity index (χ2v) is 5.39. The van der Waals surface area contributed by atoms with Gasteiger partial charge in [0.1, 0.15) is 0 Å². The van der Waals surface area contributed by atoms with Crippen molar-refractivity contribution in [2.75, 3.05) is 0 Å². The van der Waals surface area contributed by atoms with Gasteiger partial charge in [0.15, 0.2) is 0 Å². The molecule has 0 spiro atoms. The van der Waals surface area contributed by atoms with Crippen molar-refractivity contribution >= 4 is 0 Å². The minimum atomic E-state index is -0.361. The van der Waals surface area contributed by atoms with Crippen molar-refractivity contribution < 1.29 is 5.11 Å². The zero-order chi connectivity index (χ0) is 15.4. The summed E-state index contributed by atoms with van der Waals surface area (Å²) in [5, 5.41) is 10.0. The number of rotatable bonds is 5. The van der Waals surface area contributed by atoms with E-state index in [0.717, 1.165) is 28.9 Å². The highest BCUT2D eigenvalue weighted by Gasteiger charge is 2.16. The lowest BCUT2D eigenvalue weighted by molar-refractivity contribution is 0.150. The Morgan fingerprint density at radius 1 is 0.955 bits per heavy atom. The topological polar surface area (TPSA) is 38.0 Å². The van der Waals surface area contributed by atoms with Gasteiger partial charge >= 0.3 is 0 Å². The maximum atomic E-state index is 10.0. The first-order valence-electron chi connectivity index (χ1n) is 7.63. The summed E-state index contributed by atoms with van der Waals surface area (Å²) in [4.78, 5) is 4.60. The second kappa shape index (κ2) is 6.58. The number of hydrogen-bond donors (Lipinski definition) is 1. The molecule has 3 nitrogen and oxygen atoms in total. The van der Waals surface area contributed by atoms with Crippen LogP contribution in [0.4, 0.5) is 0 Å². The quantitative estimate of drug-likeness (QED) is 0.772. The fraction of sp³-hybridized carbons (Fsp3) is 0.211. The van der Waals surface area contributed by atoms with Crippen LogP contribution in [0.1, 0.15) is 13.3 Å². The van der Waals surface area contributed by atoms with Crippen molar-refractivity contribution in [1.29, 1.82) is 0 Å². The lowest BCUT2D eigenvalue weighted by Crippen LogP contribution is -2.14. The van der Waals surface area contributed by atoms with Gasteiger partial charge in [-0.15, -0.1) is 0 Å². The van der Waals surface area contributed by atoms with Gasteiger partial charge in [-0.25, -0.2) is 4.98 Å². The third kappa shape index (κ3) is 2.95. The van der Waals surface area contributed by atoms with E-state index in [4.69, 9.17) is 0 Å².